The number of nitrogens with one attached hydrogen (secondary N) is 2. The molecule has 6 heteroatoms. The number of aromatic amines is 1. The average molecular weight is 363 g/mol. The van der Waals surface area contributed by atoms with Crippen molar-refractivity contribution in [3.05, 3.63) is 60.3 Å². The monoisotopic (exact) mass is 363 g/mol. The number of fused-ring (bicyclic) bond motifs is 1. The van der Waals surface area contributed by atoms with Gasteiger partial charge in [0.25, 0.3) is 0 Å². The summed E-state index contributed by atoms with van der Waals surface area (Å²) in [6.07, 6.45) is 2.06. The first kappa shape index (κ1) is 17.1. The summed E-state index contributed by atoms with van der Waals surface area (Å²) in [4.78, 5) is 30.1. The molecule has 0 unspecified atom stereocenters. The number of carbonyl (C=O) groups is 2. The fourth-order valence-corrected chi connectivity index (χ4v) is 3.73. The molecule has 6 nitrogen and oxygen atoms in total. The summed E-state index contributed by atoms with van der Waals surface area (Å²) in [5, 5.41) is 4.00. The number of hydrogen-bond donors (Lipinski definition) is 2. The van der Waals surface area contributed by atoms with E-state index in [2.05, 4.69) is 10.3 Å². The molecular formula is C21H21N3O3. The van der Waals surface area contributed by atoms with Crippen LogP contribution < -0.4 is 10.1 Å². The number of aromatic nitrogens is 1. The molecule has 0 bridgehead atoms. The fraction of sp³-hybridized carbons (Fsp3) is 0.238. The maximum atomic E-state index is 13.0. The second-order valence-electron chi connectivity index (χ2n) is 6.80. The van der Waals surface area contributed by atoms with Crippen molar-refractivity contribution in [2.75, 3.05) is 19.5 Å². The summed E-state index contributed by atoms with van der Waals surface area (Å²) in [6, 6.07) is 14.9. The van der Waals surface area contributed by atoms with Crippen LogP contribution in [0.4, 0.5) is 5.69 Å². The Balaban J connectivity index is 1.59. The molecule has 138 valence electrons. The Hall–Kier alpha value is -3.28. The Bertz CT molecular complexity index is 993. The Kier molecular flexibility index (Phi) is 4.32. The molecule has 2 atom stereocenters. The van der Waals surface area contributed by atoms with Crippen LogP contribution in [0.5, 0.6) is 5.75 Å². The highest BCUT2D eigenvalue weighted by Crippen LogP contribution is 2.38. The molecule has 1 aliphatic rings. The van der Waals surface area contributed by atoms with Gasteiger partial charge in [-0.05, 0) is 42.0 Å². The second kappa shape index (κ2) is 6.79. The van der Waals surface area contributed by atoms with Crippen molar-refractivity contribution < 1.29 is 14.3 Å². The van der Waals surface area contributed by atoms with E-state index >= 15 is 0 Å². The van der Waals surface area contributed by atoms with Gasteiger partial charge in [-0.1, -0.05) is 12.1 Å². The minimum Gasteiger partial charge on any atom is -0.497 e. The lowest BCUT2D eigenvalue weighted by atomic mass is 9.92. The first-order valence-corrected chi connectivity index (χ1v) is 8.84. The number of anilines is 1. The van der Waals surface area contributed by atoms with Crippen molar-refractivity contribution in [1.29, 1.82) is 0 Å². The lowest BCUT2D eigenvalue weighted by Crippen LogP contribution is -2.30. The van der Waals surface area contributed by atoms with Gasteiger partial charge in [0.2, 0.25) is 11.8 Å². The minimum absolute atomic E-state index is 0.0305. The normalized spacial score (nSPS) is 19.5. The molecule has 1 aromatic heterocycles. The molecule has 0 spiro atoms. The molecule has 2 aromatic carbocycles. The molecule has 0 saturated carbocycles. The van der Waals surface area contributed by atoms with Crippen molar-refractivity contribution in [2.45, 2.75) is 12.5 Å². The van der Waals surface area contributed by atoms with E-state index < -0.39 is 5.92 Å². The zero-order valence-corrected chi connectivity index (χ0v) is 15.2. The van der Waals surface area contributed by atoms with E-state index in [0.29, 0.717) is 0 Å². The van der Waals surface area contributed by atoms with E-state index in [1.54, 1.807) is 19.1 Å². The molecule has 2 amide bonds. The van der Waals surface area contributed by atoms with Crippen molar-refractivity contribution in [3.63, 3.8) is 0 Å². The molecule has 2 N–H and O–H groups in total. The molecule has 27 heavy (non-hydrogen) atoms. The molecule has 4 rings (SSSR count). The molecule has 0 radical (unpaired) electrons. The van der Waals surface area contributed by atoms with Crippen molar-refractivity contribution in [3.8, 4) is 5.75 Å². The van der Waals surface area contributed by atoms with Crippen LogP contribution >= 0.6 is 0 Å². The Morgan fingerprint density at radius 3 is 2.70 bits per heavy atom. The van der Waals surface area contributed by atoms with E-state index in [1.165, 1.54) is 0 Å². The molecule has 1 aliphatic heterocycles. The predicted molar refractivity (Wildman–Crippen MR) is 104 cm³/mol. The molecule has 0 aliphatic carbocycles. The summed E-state index contributed by atoms with van der Waals surface area (Å²) >= 11 is 0. The van der Waals surface area contributed by atoms with Crippen LogP contribution in [-0.4, -0.2) is 35.9 Å². The summed E-state index contributed by atoms with van der Waals surface area (Å²) < 4.78 is 5.20. The molecule has 1 fully saturated rings. The largest absolute Gasteiger partial charge is 0.497 e. The topological polar surface area (TPSA) is 74.4 Å². The Morgan fingerprint density at radius 1 is 1.19 bits per heavy atom. The second-order valence-corrected chi connectivity index (χ2v) is 6.80. The van der Waals surface area contributed by atoms with Gasteiger partial charge in [-0.15, -0.1) is 0 Å². The SMILES string of the molecule is COc1ccc([C@@H]2[C@@H](C(=O)Nc3ccc4[nH]ccc4c3)CC(=O)N2C)cc1. The maximum absolute atomic E-state index is 13.0. The van der Waals surface area contributed by atoms with E-state index in [0.717, 1.165) is 27.9 Å². The third-order valence-electron chi connectivity index (χ3n) is 5.20. The summed E-state index contributed by atoms with van der Waals surface area (Å²) in [7, 11) is 3.36. The van der Waals surface area contributed by atoms with Gasteiger partial charge in [0, 0.05) is 36.3 Å². The summed E-state index contributed by atoms with van der Waals surface area (Å²) in [5.74, 6) is 0.116. The smallest absolute Gasteiger partial charge is 0.230 e. The summed E-state index contributed by atoms with van der Waals surface area (Å²) in [6.45, 7) is 0. The lowest BCUT2D eigenvalue weighted by molar-refractivity contribution is -0.127. The first-order valence-electron chi connectivity index (χ1n) is 8.84. The van der Waals surface area contributed by atoms with Gasteiger partial charge in [0.15, 0.2) is 0 Å². The van der Waals surface area contributed by atoms with Crippen LogP contribution in [-0.2, 0) is 9.59 Å². The minimum atomic E-state index is -0.446. The Morgan fingerprint density at radius 2 is 1.96 bits per heavy atom. The molecular weight excluding hydrogens is 342 g/mol. The number of methoxy groups -OCH3 is 1. The van der Waals surface area contributed by atoms with Gasteiger partial charge in [0.05, 0.1) is 19.1 Å². The number of ether oxygens (including phenoxy) is 1. The number of H-pyrrole nitrogens is 1. The summed E-state index contributed by atoms with van der Waals surface area (Å²) in [5.41, 5.74) is 2.66. The highest BCUT2D eigenvalue weighted by atomic mass is 16.5. The molecule has 3 aromatic rings. The van der Waals surface area contributed by atoms with Gasteiger partial charge in [-0.25, -0.2) is 0 Å². The fourth-order valence-electron chi connectivity index (χ4n) is 3.73. The van der Waals surface area contributed by atoms with Gasteiger partial charge in [0.1, 0.15) is 5.75 Å². The molecule has 1 saturated heterocycles. The van der Waals surface area contributed by atoms with Gasteiger partial charge < -0.3 is 19.9 Å². The van der Waals surface area contributed by atoms with Crippen LogP contribution in [0.3, 0.4) is 0 Å². The molecule has 2 heterocycles. The third kappa shape index (κ3) is 3.14. The number of rotatable bonds is 4. The zero-order chi connectivity index (χ0) is 19.0. The number of amides is 2. The van der Waals surface area contributed by atoms with Crippen LogP contribution in [0.25, 0.3) is 10.9 Å². The third-order valence-corrected chi connectivity index (χ3v) is 5.20. The zero-order valence-electron chi connectivity index (χ0n) is 15.2. The average Bonchev–Trinajstić information content (AvgIpc) is 3.26. The predicted octanol–water partition coefficient (Wildman–Crippen LogP) is 3.33. The van der Waals surface area contributed by atoms with E-state index in [9.17, 15) is 9.59 Å². The van der Waals surface area contributed by atoms with E-state index in [1.807, 2.05) is 54.7 Å². The number of carbonyl (C=O) groups excluding carboxylic acids is 2. The Labute approximate surface area is 157 Å². The van der Waals surface area contributed by atoms with Crippen LogP contribution in [0.1, 0.15) is 18.0 Å². The van der Waals surface area contributed by atoms with Crippen molar-refractivity contribution in [2.24, 2.45) is 5.92 Å². The van der Waals surface area contributed by atoms with Gasteiger partial charge in [-0.2, -0.15) is 0 Å². The van der Waals surface area contributed by atoms with Crippen molar-refractivity contribution >= 4 is 28.4 Å². The van der Waals surface area contributed by atoms with E-state index in [-0.39, 0.29) is 24.3 Å². The quantitative estimate of drug-likeness (QED) is 0.747. The highest BCUT2D eigenvalue weighted by molar-refractivity contribution is 5.99. The van der Waals surface area contributed by atoms with Crippen LogP contribution in [0.15, 0.2) is 54.7 Å². The number of nitrogens with zero attached hydrogens (tertiary/aromatic N) is 1. The van der Waals surface area contributed by atoms with E-state index in [4.69, 9.17) is 4.74 Å². The maximum Gasteiger partial charge on any atom is 0.230 e. The number of hydrogen-bond acceptors (Lipinski definition) is 3. The lowest BCUT2D eigenvalue weighted by Gasteiger charge is -2.25. The van der Waals surface area contributed by atoms with Crippen LogP contribution in [0, 0.1) is 5.92 Å². The van der Waals surface area contributed by atoms with Gasteiger partial charge >= 0.3 is 0 Å². The standard InChI is InChI=1S/C21H21N3O3/c1-24-19(25)12-17(20(24)13-3-6-16(27-2)7-4-13)21(26)23-15-5-8-18-14(11-15)9-10-22-18/h3-11,17,20,22H,12H2,1-2H3,(H,23,26)/t17-,20+/m0/s1. The van der Waals surface area contributed by atoms with Crippen molar-refractivity contribution in [1.82, 2.24) is 9.88 Å². The first-order chi connectivity index (χ1) is 13.1. The highest BCUT2D eigenvalue weighted by Gasteiger charge is 2.42. The number of benzene rings is 2. The van der Waals surface area contributed by atoms with Crippen LogP contribution in [0.2, 0.25) is 0 Å². The van der Waals surface area contributed by atoms with Gasteiger partial charge in [-0.3, -0.25) is 9.59 Å². The number of likely N-dealkylation sites (tertiary alicyclic amines) is 1.